The number of amides is 1. The lowest BCUT2D eigenvalue weighted by atomic mass is 10.2. The predicted molar refractivity (Wildman–Crippen MR) is 48.9 cm³/mol. The summed E-state index contributed by atoms with van der Waals surface area (Å²) in [4.78, 5) is 11.2. The molecule has 0 bridgehead atoms. The van der Waals surface area contributed by atoms with Gasteiger partial charge in [0.1, 0.15) is 0 Å². The van der Waals surface area contributed by atoms with Crippen LogP contribution >= 0.6 is 0 Å². The highest BCUT2D eigenvalue weighted by Crippen LogP contribution is 2.03. The molecule has 1 aliphatic rings. The molecule has 0 radical (unpaired) electrons. The molecule has 1 saturated heterocycles. The third-order valence-electron chi connectivity index (χ3n) is 2.21. The fourth-order valence-corrected chi connectivity index (χ4v) is 1.36. The highest BCUT2D eigenvalue weighted by Gasteiger charge is 2.15. The van der Waals surface area contributed by atoms with Crippen molar-refractivity contribution in [1.29, 1.82) is 0 Å². The van der Waals surface area contributed by atoms with Gasteiger partial charge in [0.2, 0.25) is 5.91 Å². The summed E-state index contributed by atoms with van der Waals surface area (Å²) in [5, 5.41) is 6.26. The maximum Gasteiger partial charge on any atom is 0.222 e. The molecule has 1 fully saturated rings. The van der Waals surface area contributed by atoms with Crippen molar-refractivity contribution < 1.29 is 4.79 Å². The van der Waals surface area contributed by atoms with E-state index in [1.165, 1.54) is 12.8 Å². The van der Waals surface area contributed by atoms with Gasteiger partial charge in [-0.3, -0.25) is 4.79 Å². The zero-order valence-corrected chi connectivity index (χ0v) is 7.89. The molecule has 0 unspecified atom stereocenters. The van der Waals surface area contributed by atoms with E-state index in [-0.39, 0.29) is 11.8 Å². The minimum absolute atomic E-state index is 0.103. The Bertz CT molecular complexity index is 151. The van der Waals surface area contributed by atoms with Crippen LogP contribution in [0.15, 0.2) is 0 Å². The fourth-order valence-electron chi connectivity index (χ4n) is 1.36. The summed E-state index contributed by atoms with van der Waals surface area (Å²) in [6.07, 6.45) is 2.43. The highest BCUT2D eigenvalue weighted by atomic mass is 16.1. The molecule has 0 spiro atoms. The summed E-state index contributed by atoms with van der Waals surface area (Å²) in [5.41, 5.74) is 0. The predicted octanol–water partition coefficient (Wildman–Crippen LogP) is 0.511. The SMILES string of the molecule is CC(C)C(=O)NC[C@H]1CCCN1. The molecule has 3 nitrogen and oxygen atoms in total. The standard InChI is InChI=1S/C9H18N2O/c1-7(2)9(12)11-6-8-4-3-5-10-8/h7-8,10H,3-6H2,1-2H3,(H,11,12)/t8-/m1/s1. The molecule has 0 saturated carbocycles. The number of hydrogen-bond donors (Lipinski definition) is 2. The van der Waals surface area contributed by atoms with E-state index < -0.39 is 0 Å². The number of carbonyl (C=O) groups is 1. The summed E-state index contributed by atoms with van der Waals surface area (Å²) in [6, 6.07) is 0.507. The van der Waals surface area contributed by atoms with Gasteiger partial charge >= 0.3 is 0 Å². The highest BCUT2D eigenvalue weighted by molar-refractivity contribution is 5.77. The van der Waals surface area contributed by atoms with Crippen molar-refractivity contribution in [3.63, 3.8) is 0 Å². The van der Waals surface area contributed by atoms with Crippen molar-refractivity contribution in [3.05, 3.63) is 0 Å². The molecule has 12 heavy (non-hydrogen) atoms. The maximum absolute atomic E-state index is 11.2. The van der Waals surface area contributed by atoms with Crippen molar-refractivity contribution in [2.24, 2.45) is 5.92 Å². The summed E-state index contributed by atoms with van der Waals surface area (Å²) >= 11 is 0. The summed E-state index contributed by atoms with van der Waals surface area (Å²) < 4.78 is 0. The van der Waals surface area contributed by atoms with Gasteiger partial charge in [-0.15, -0.1) is 0 Å². The molecule has 1 heterocycles. The Morgan fingerprint density at radius 2 is 2.42 bits per heavy atom. The Morgan fingerprint density at radius 1 is 1.67 bits per heavy atom. The molecule has 3 heteroatoms. The number of hydrogen-bond acceptors (Lipinski definition) is 2. The van der Waals surface area contributed by atoms with Crippen LogP contribution in [0.1, 0.15) is 26.7 Å². The summed E-state index contributed by atoms with van der Waals surface area (Å²) in [6.45, 7) is 5.72. The van der Waals surface area contributed by atoms with E-state index in [9.17, 15) is 4.79 Å². The van der Waals surface area contributed by atoms with E-state index in [1.54, 1.807) is 0 Å². The Balaban J connectivity index is 2.12. The molecule has 1 atom stereocenters. The van der Waals surface area contributed by atoms with E-state index in [0.717, 1.165) is 13.1 Å². The van der Waals surface area contributed by atoms with E-state index in [2.05, 4.69) is 10.6 Å². The van der Waals surface area contributed by atoms with Crippen molar-refractivity contribution in [2.45, 2.75) is 32.7 Å². The lowest BCUT2D eigenvalue weighted by molar-refractivity contribution is -0.124. The van der Waals surface area contributed by atoms with E-state index >= 15 is 0 Å². The first-order valence-electron chi connectivity index (χ1n) is 4.71. The second-order valence-corrected chi connectivity index (χ2v) is 3.69. The van der Waals surface area contributed by atoms with Crippen LogP contribution in [-0.2, 0) is 4.79 Å². The normalized spacial score (nSPS) is 23.1. The van der Waals surface area contributed by atoms with Crippen molar-refractivity contribution >= 4 is 5.91 Å². The van der Waals surface area contributed by atoms with Crippen LogP contribution in [0.2, 0.25) is 0 Å². The summed E-state index contributed by atoms with van der Waals surface area (Å²) in [7, 11) is 0. The van der Waals surface area contributed by atoms with Crippen LogP contribution in [0.4, 0.5) is 0 Å². The average molecular weight is 170 g/mol. The molecule has 70 valence electrons. The van der Waals surface area contributed by atoms with Gasteiger partial charge in [0, 0.05) is 18.5 Å². The molecule has 1 amide bonds. The molecular weight excluding hydrogens is 152 g/mol. The molecule has 1 aliphatic heterocycles. The Kier molecular flexibility index (Phi) is 3.53. The van der Waals surface area contributed by atoms with Crippen molar-refractivity contribution in [1.82, 2.24) is 10.6 Å². The van der Waals surface area contributed by atoms with Gasteiger partial charge in [0.15, 0.2) is 0 Å². The molecule has 0 aromatic carbocycles. The van der Waals surface area contributed by atoms with Crippen LogP contribution in [0.5, 0.6) is 0 Å². The Labute approximate surface area is 73.9 Å². The fraction of sp³-hybridized carbons (Fsp3) is 0.889. The third kappa shape index (κ3) is 2.81. The number of rotatable bonds is 3. The lowest BCUT2D eigenvalue weighted by Gasteiger charge is -2.12. The van der Waals surface area contributed by atoms with Gasteiger partial charge in [-0.2, -0.15) is 0 Å². The number of carbonyl (C=O) groups excluding carboxylic acids is 1. The largest absolute Gasteiger partial charge is 0.354 e. The van der Waals surface area contributed by atoms with Crippen LogP contribution in [0.3, 0.4) is 0 Å². The van der Waals surface area contributed by atoms with Crippen LogP contribution < -0.4 is 10.6 Å². The zero-order valence-electron chi connectivity index (χ0n) is 7.89. The topological polar surface area (TPSA) is 41.1 Å². The third-order valence-corrected chi connectivity index (χ3v) is 2.21. The average Bonchev–Trinajstić information content (AvgIpc) is 2.51. The molecular formula is C9H18N2O. The van der Waals surface area contributed by atoms with Gasteiger partial charge < -0.3 is 10.6 Å². The van der Waals surface area contributed by atoms with Gasteiger partial charge in [-0.1, -0.05) is 13.8 Å². The van der Waals surface area contributed by atoms with E-state index in [1.807, 2.05) is 13.8 Å². The minimum atomic E-state index is 0.103. The minimum Gasteiger partial charge on any atom is -0.354 e. The second kappa shape index (κ2) is 4.45. The molecule has 0 aromatic rings. The Hall–Kier alpha value is -0.570. The first-order valence-corrected chi connectivity index (χ1v) is 4.71. The molecule has 2 N–H and O–H groups in total. The maximum atomic E-state index is 11.2. The molecule has 1 rings (SSSR count). The van der Waals surface area contributed by atoms with Gasteiger partial charge in [-0.05, 0) is 19.4 Å². The van der Waals surface area contributed by atoms with Crippen LogP contribution in [0, 0.1) is 5.92 Å². The molecule has 0 aromatic heterocycles. The smallest absolute Gasteiger partial charge is 0.222 e. The van der Waals surface area contributed by atoms with Crippen molar-refractivity contribution in [2.75, 3.05) is 13.1 Å². The van der Waals surface area contributed by atoms with Gasteiger partial charge in [0.05, 0.1) is 0 Å². The lowest BCUT2D eigenvalue weighted by Crippen LogP contribution is -2.38. The molecule has 0 aliphatic carbocycles. The van der Waals surface area contributed by atoms with E-state index in [0.29, 0.717) is 6.04 Å². The summed E-state index contributed by atoms with van der Waals surface area (Å²) in [5.74, 6) is 0.259. The van der Waals surface area contributed by atoms with Crippen molar-refractivity contribution in [3.8, 4) is 0 Å². The second-order valence-electron chi connectivity index (χ2n) is 3.69. The van der Waals surface area contributed by atoms with Gasteiger partial charge in [-0.25, -0.2) is 0 Å². The quantitative estimate of drug-likeness (QED) is 0.648. The van der Waals surface area contributed by atoms with Gasteiger partial charge in [0.25, 0.3) is 0 Å². The Morgan fingerprint density at radius 3 is 2.92 bits per heavy atom. The van der Waals surface area contributed by atoms with E-state index in [4.69, 9.17) is 0 Å². The first kappa shape index (κ1) is 9.52. The zero-order chi connectivity index (χ0) is 8.97. The van der Waals surface area contributed by atoms with Crippen LogP contribution in [-0.4, -0.2) is 25.0 Å². The first-order chi connectivity index (χ1) is 5.70. The monoisotopic (exact) mass is 170 g/mol. The number of nitrogens with one attached hydrogen (secondary N) is 2. The van der Waals surface area contributed by atoms with Crippen LogP contribution in [0.25, 0.3) is 0 Å².